The predicted octanol–water partition coefficient (Wildman–Crippen LogP) is 9.98. The van der Waals surface area contributed by atoms with Crippen LogP contribution in [0.4, 0.5) is 0 Å². The van der Waals surface area contributed by atoms with Crippen molar-refractivity contribution < 1.29 is 0 Å². The van der Waals surface area contributed by atoms with Crippen molar-refractivity contribution in [1.82, 2.24) is 20.2 Å². The molecule has 0 saturated heterocycles. The summed E-state index contributed by atoms with van der Waals surface area (Å²) in [5.74, 6) is 0.766. The first kappa shape index (κ1) is 28.9. The molecule has 0 spiro atoms. The van der Waals surface area contributed by atoms with Gasteiger partial charge in [0.25, 0.3) is 0 Å². The van der Waals surface area contributed by atoms with Gasteiger partial charge >= 0.3 is 0 Å². The Morgan fingerprint density at radius 1 is 0.600 bits per heavy atom. The molecule has 0 radical (unpaired) electrons. The minimum atomic E-state index is -0.241. The van der Waals surface area contributed by atoms with Gasteiger partial charge in [0.1, 0.15) is 18.0 Å². The van der Waals surface area contributed by atoms with Crippen LogP contribution in [0.5, 0.6) is 0 Å². The minimum absolute atomic E-state index is 0.0841. The van der Waals surface area contributed by atoms with Gasteiger partial charge in [0.05, 0.1) is 22.9 Å². The first-order chi connectivity index (χ1) is 24.5. The Hall–Kier alpha value is -6.04. The topological polar surface area (TPSA) is 54.2 Å². The Labute approximate surface area is 291 Å². The molecule has 2 aliphatic rings. The number of nitrogens with one attached hydrogen (secondary N) is 2. The van der Waals surface area contributed by atoms with Crippen molar-refractivity contribution in [3.05, 3.63) is 180 Å². The summed E-state index contributed by atoms with van der Waals surface area (Å²) in [6.45, 7) is 4.68. The molecule has 6 aromatic carbocycles. The smallest absolute Gasteiger partial charge is 0.150 e. The van der Waals surface area contributed by atoms with Crippen LogP contribution in [0.3, 0.4) is 0 Å². The van der Waals surface area contributed by atoms with E-state index < -0.39 is 0 Å². The van der Waals surface area contributed by atoms with Crippen molar-refractivity contribution in [2.24, 2.45) is 4.99 Å². The van der Waals surface area contributed by atoms with Crippen molar-refractivity contribution in [2.45, 2.75) is 31.6 Å². The number of para-hydroxylation sites is 1. The number of hydrogen-bond donors (Lipinski definition) is 2. The van der Waals surface area contributed by atoms with Gasteiger partial charge in [0.2, 0.25) is 0 Å². The molecular formula is C45H35N5. The van der Waals surface area contributed by atoms with E-state index in [0.29, 0.717) is 0 Å². The number of fused-ring (bicyclic) bond motifs is 7. The summed E-state index contributed by atoms with van der Waals surface area (Å²) < 4.78 is 2.36. The van der Waals surface area contributed by atoms with Crippen LogP contribution >= 0.6 is 0 Å². The molecule has 5 nitrogen and oxygen atoms in total. The van der Waals surface area contributed by atoms with Gasteiger partial charge < -0.3 is 9.88 Å². The van der Waals surface area contributed by atoms with E-state index >= 15 is 0 Å². The van der Waals surface area contributed by atoms with Crippen LogP contribution in [0, 0.1) is 0 Å². The molecule has 1 aliphatic heterocycles. The number of hydrogen-bond acceptors (Lipinski definition) is 4. The number of aromatic nitrogens is 2. The lowest BCUT2D eigenvalue weighted by Crippen LogP contribution is -2.45. The predicted molar refractivity (Wildman–Crippen MR) is 205 cm³/mol. The highest BCUT2D eigenvalue weighted by atomic mass is 15.3. The quantitative estimate of drug-likeness (QED) is 0.200. The van der Waals surface area contributed by atoms with Gasteiger partial charge in [-0.3, -0.25) is 10.3 Å². The first-order valence-electron chi connectivity index (χ1n) is 17.3. The van der Waals surface area contributed by atoms with E-state index in [0.717, 1.165) is 28.3 Å². The fourth-order valence-corrected chi connectivity index (χ4v) is 8.15. The van der Waals surface area contributed by atoms with Gasteiger partial charge in [-0.25, -0.2) is 4.99 Å². The van der Waals surface area contributed by atoms with E-state index in [1.165, 1.54) is 54.8 Å². The highest BCUT2D eigenvalue weighted by Crippen LogP contribution is 2.50. The van der Waals surface area contributed by atoms with Crippen LogP contribution in [0.15, 0.2) is 157 Å². The average Bonchev–Trinajstić information content (AvgIpc) is 3.62. The lowest BCUT2D eigenvalue weighted by Gasteiger charge is -2.32. The average molecular weight is 646 g/mol. The Morgan fingerprint density at radius 2 is 1.38 bits per heavy atom. The second kappa shape index (κ2) is 11.0. The summed E-state index contributed by atoms with van der Waals surface area (Å²) in [5.41, 5.74) is 11.8. The largest absolute Gasteiger partial charge is 0.349 e. The molecule has 2 unspecified atom stereocenters. The number of benzene rings is 6. The number of pyridine rings is 1. The zero-order valence-corrected chi connectivity index (χ0v) is 27.9. The molecule has 0 amide bonds. The van der Waals surface area contributed by atoms with Crippen LogP contribution in [-0.2, 0) is 5.41 Å². The Balaban J connectivity index is 1.08. The monoisotopic (exact) mass is 645 g/mol. The second-order valence-electron chi connectivity index (χ2n) is 14.0. The fourth-order valence-electron chi connectivity index (χ4n) is 8.15. The van der Waals surface area contributed by atoms with Crippen LogP contribution in [0.25, 0.3) is 49.4 Å². The molecule has 10 rings (SSSR count). The van der Waals surface area contributed by atoms with Gasteiger partial charge in [-0.2, -0.15) is 0 Å². The molecule has 3 heterocycles. The van der Waals surface area contributed by atoms with Crippen molar-refractivity contribution in [3.63, 3.8) is 0 Å². The molecule has 2 aromatic heterocycles. The van der Waals surface area contributed by atoms with E-state index in [1.54, 1.807) is 0 Å². The third-order valence-electron chi connectivity index (χ3n) is 10.7. The van der Waals surface area contributed by atoms with Crippen molar-refractivity contribution in [2.75, 3.05) is 0 Å². The molecule has 5 heteroatoms. The maximum Gasteiger partial charge on any atom is 0.150 e. The summed E-state index contributed by atoms with van der Waals surface area (Å²) in [5, 5.41) is 12.3. The Bertz CT molecular complexity index is 2630. The standard InChI is InChI=1S/C45H35N5/c1-45(2)37-18-10-8-16-33(37)35-25-36-34-17-9-11-19-40(34)50(41(36)26-38(35)45)32-22-23-39(46-27-32)44-48-42(29-13-4-3-5-14-29)47-43(49-44)31-21-20-28-12-6-7-15-30(28)24-31/h3-27,42-43,47H,1-2H3,(H,48,49). The molecule has 240 valence electrons. The highest BCUT2D eigenvalue weighted by Gasteiger charge is 2.36. The summed E-state index contributed by atoms with van der Waals surface area (Å²) >= 11 is 0. The van der Waals surface area contributed by atoms with Crippen LogP contribution in [0.1, 0.15) is 54.1 Å². The lowest BCUT2D eigenvalue weighted by atomic mass is 9.82. The molecule has 0 fully saturated rings. The summed E-state index contributed by atoms with van der Waals surface area (Å²) in [7, 11) is 0. The van der Waals surface area contributed by atoms with E-state index in [4.69, 9.17) is 9.98 Å². The summed E-state index contributed by atoms with van der Waals surface area (Å²) in [6, 6.07) is 52.2. The lowest BCUT2D eigenvalue weighted by molar-refractivity contribution is 0.408. The molecule has 2 atom stereocenters. The fraction of sp³-hybridized carbons (Fsp3) is 0.111. The highest BCUT2D eigenvalue weighted by molar-refractivity contribution is 6.11. The molecular weight excluding hydrogens is 611 g/mol. The van der Waals surface area contributed by atoms with Gasteiger partial charge in [-0.05, 0) is 80.6 Å². The molecule has 50 heavy (non-hydrogen) atoms. The normalized spacial score (nSPS) is 17.8. The molecule has 8 aromatic rings. The van der Waals surface area contributed by atoms with Crippen molar-refractivity contribution in [1.29, 1.82) is 0 Å². The third-order valence-corrected chi connectivity index (χ3v) is 10.7. The third kappa shape index (κ3) is 4.44. The van der Waals surface area contributed by atoms with E-state index in [-0.39, 0.29) is 17.7 Å². The van der Waals surface area contributed by atoms with Gasteiger partial charge in [-0.1, -0.05) is 123 Å². The van der Waals surface area contributed by atoms with Crippen LogP contribution in [0.2, 0.25) is 0 Å². The minimum Gasteiger partial charge on any atom is -0.349 e. The molecule has 2 N–H and O–H groups in total. The van der Waals surface area contributed by atoms with Gasteiger partial charge in [0, 0.05) is 16.2 Å². The Kier molecular flexibility index (Phi) is 6.36. The Morgan fingerprint density at radius 3 is 2.24 bits per heavy atom. The number of aliphatic imine (C=N–C) groups is 1. The zero-order valence-electron chi connectivity index (χ0n) is 27.9. The molecule has 1 aliphatic carbocycles. The second-order valence-corrected chi connectivity index (χ2v) is 14.0. The molecule has 0 bridgehead atoms. The van der Waals surface area contributed by atoms with E-state index in [1.807, 2.05) is 12.3 Å². The zero-order chi connectivity index (χ0) is 33.4. The van der Waals surface area contributed by atoms with Crippen LogP contribution in [-0.4, -0.2) is 15.4 Å². The first-order valence-corrected chi connectivity index (χ1v) is 17.3. The van der Waals surface area contributed by atoms with E-state index in [2.05, 4.69) is 169 Å². The summed E-state index contributed by atoms with van der Waals surface area (Å²) in [6.07, 6.45) is 1.62. The summed E-state index contributed by atoms with van der Waals surface area (Å²) in [4.78, 5) is 10.3. The maximum atomic E-state index is 5.20. The van der Waals surface area contributed by atoms with Crippen LogP contribution < -0.4 is 10.6 Å². The number of nitrogens with zero attached hydrogens (tertiary/aromatic N) is 3. The van der Waals surface area contributed by atoms with Gasteiger partial charge in [-0.15, -0.1) is 0 Å². The number of rotatable bonds is 4. The van der Waals surface area contributed by atoms with Gasteiger partial charge in [0.15, 0.2) is 5.84 Å². The molecule has 0 saturated carbocycles. The number of amidine groups is 1. The maximum absolute atomic E-state index is 5.20. The van der Waals surface area contributed by atoms with E-state index in [9.17, 15) is 0 Å². The van der Waals surface area contributed by atoms with Crippen molar-refractivity contribution >= 4 is 38.4 Å². The van der Waals surface area contributed by atoms with Crippen molar-refractivity contribution in [3.8, 4) is 16.8 Å². The SMILES string of the molecule is CC1(C)c2ccccc2-c2cc3c4ccccc4n(-c4ccc(C5=NC(c6ccc7ccccc7c6)NC(c6ccccc6)N5)nc4)c3cc21.